The summed E-state index contributed by atoms with van der Waals surface area (Å²) in [5, 5.41) is 7.99. The van der Waals surface area contributed by atoms with Crippen LogP contribution >= 0.6 is 11.3 Å². The summed E-state index contributed by atoms with van der Waals surface area (Å²) in [6.45, 7) is 3.89. The fourth-order valence-electron chi connectivity index (χ4n) is 4.23. The van der Waals surface area contributed by atoms with Crippen molar-refractivity contribution in [3.63, 3.8) is 0 Å². The van der Waals surface area contributed by atoms with Gasteiger partial charge in [-0.05, 0) is 43.2 Å². The number of piperazine rings is 1. The Hall–Kier alpha value is -2.71. The zero-order chi connectivity index (χ0) is 21.0. The van der Waals surface area contributed by atoms with E-state index in [9.17, 15) is 0 Å². The van der Waals surface area contributed by atoms with Crippen LogP contribution in [0.3, 0.4) is 0 Å². The third-order valence-corrected chi connectivity index (χ3v) is 7.08. The van der Waals surface area contributed by atoms with E-state index in [0.717, 1.165) is 58.9 Å². The largest absolute Gasteiger partial charge is 0.497 e. The van der Waals surface area contributed by atoms with Gasteiger partial charge in [-0.2, -0.15) is 0 Å². The van der Waals surface area contributed by atoms with Crippen molar-refractivity contribution in [2.24, 2.45) is 0 Å². The molecule has 2 N–H and O–H groups in total. The Labute approximate surface area is 186 Å². The van der Waals surface area contributed by atoms with Gasteiger partial charge in [-0.3, -0.25) is 0 Å². The van der Waals surface area contributed by atoms with Crippen LogP contribution < -0.4 is 20.3 Å². The smallest absolute Gasteiger partial charge is 0.223 e. The SMILES string of the molecule is COc1ccc(-c2nc(N3CCNCC3)sc2-c2ccnc(NC3CCCC3)n2)cc1. The standard InChI is InChI=1S/C23H28N6OS/c1-30-18-8-6-16(7-9-18)20-21(31-23(28-20)29-14-12-24-13-15-29)19-10-11-25-22(27-19)26-17-4-2-3-5-17/h6-11,17,24H,2-5,12-15H2,1H3,(H,25,26,27). The molecule has 8 heteroatoms. The van der Waals surface area contributed by atoms with Crippen molar-refractivity contribution in [3.8, 4) is 27.6 Å². The second-order valence-electron chi connectivity index (χ2n) is 8.03. The average molecular weight is 437 g/mol. The van der Waals surface area contributed by atoms with E-state index < -0.39 is 0 Å². The lowest BCUT2D eigenvalue weighted by Gasteiger charge is -2.26. The molecule has 1 saturated carbocycles. The van der Waals surface area contributed by atoms with Gasteiger partial charge in [-0.15, -0.1) is 0 Å². The number of hydrogen-bond acceptors (Lipinski definition) is 8. The maximum atomic E-state index is 5.34. The van der Waals surface area contributed by atoms with Crippen molar-refractivity contribution in [2.45, 2.75) is 31.7 Å². The normalized spacial score (nSPS) is 17.1. The van der Waals surface area contributed by atoms with E-state index >= 15 is 0 Å². The first kappa shape index (κ1) is 20.2. The molecule has 1 saturated heterocycles. The zero-order valence-electron chi connectivity index (χ0n) is 17.8. The second kappa shape index (κ2) is 9.20. The molecule has 3 heterocycles. The second-order valence-corrected chi connectivity index (χ2v) is 9.01. The summed E-state index contributed by atoms with van der Waals surface area (Å²) in [5.41, 5.74) is 2.95. The first-order chi connectivity index (χ1) is 15.3. The fraction of sp³-hybridized carbons (Fsp3) is 0.435. The van der Waals surface area contributed by atoms with Crippen LogP contribution in [0.25, 0.3) is 21.8 Å². The van der Waals surface area contributed by atoms with Crippen molar-refractivity contribution in [3.05, 3.63) is 36.5 Å². The number of thiazole rings is 1. The topological polar surface area (TPSA) is 75.2 Å². The number of anilines is 2. The van der Waals surface area contributed by atoms with Crippen LogP contribution in [-0.4, -0.2) is 54.3 Å². The van der Waals surface area contributed by atoms with E-state index in [0.29, 0.717) is 12.0 Å². The molecule has 1 aliphatic heterocycles. The predicted molar refractivity (Wildman–Crippen MR) is 126 cm³/mol. The van der Waals surface area contributed by atoms with Gasteiger partial charge in [0.1, 0.15) is 5.75 Å². The van der Waals surface area contributed by atoms with Crippen LogP contribution in [0, 0.1) is 0 Å². The minimum absolute atomic E-state index is 0.481. The Bertz CT molecular complexity index is 1010. The number of methoxy groups -OCH3 is 1. The van der Waals surface area contributed by atoms with Gasteiger partial charge in [0.15, 0.2) is 5.13 Å². The average Bonchev–Trinajstić information content (AvgIpc) is 3.50. The number of aromatic nitrogens is 3. The third kappa shape index (κ3) is 4.50. The van der Waals surface area contributed by atoms with Crippen molar-refractivity contribution in [1.82, 2.24) is 20.3 Å². The Morgan fingerprint density at radius 3 is 2.58 bits per heavy atom. The Morgan fingerprint density at radius 1 is 1.06 bits per heavy atom. The van der Waals surface area contributed by atoms with Crippen LogP contribution in [0.5, 0.6) is 5.75 Å². The molecular formula is C23H28N6OS. The molecule has 5 rings (SSSR count). The molecule has 0 unspecified atom stereocenters. The van der Waals surface area contributed by atoms with Gasteiger partial charge < -0.3 is 20.3 Å². The molecule has 0 amide bonds. The molecule has 2 aliphatic rings. The van der Waals surface area contributed by atoms with Crippen LogP contribution in [0.2, 0.25) is 0 Å². The van der Waals surface area contributed by atoms with Crippen molar-refractivity contribution in [1.29, 1.82) is 0 Å². The Morgan fingerprint density at radius 2 is 1.84 bits per heavy atom. The molecule has 0 bridgehead atoms. The third-order valence-electron chi connectivity index (χ3n) is 5.94. The van der Waals surface area contributed by atoms with Gasteiger partial charge in [0.2, 0.25) is 5.95 Å². The summed E-state index contributed by atoms with van der Waals surface area (Å²) in [4.78, 5) is 17.9. The van der Waals surface area contributed by atoms with Gasteiger partial charge in [0, 0.05) is 44.0 Å². The van der Waals surface area contributed by atoms with Gasteiger partial charge in [-0.25, -0.2) is 15.0 Å². The Kier molecular flexibility index (Phi) is 5.99. The molecule has 1 aromatic carbocycles. The number of nitrogens with zero attached hydrogens (tertiary/aromatic N) is 4. The van der Waals surface area contributed by atoms with Crippen LogP contribution in [-0.2, 0) is 0 Å². The highest BCUT2D eigenvalue weighted by Crippen LogP contribution is 2.40. The molecule has 0 atom stereocenters. The highest BCUT2D eigenvalue weighted by Gasteiger charge is 2.22. The Balaban J connectivity index is 1.51. The molecular weight excluding hydrogens is 408 g/mol. The van der Waals surface area contributed by atoms with E-state index in [1.54, 1.807) is 18.4 Å². The first-order valence-electron chi connectivity index (χ1n) is 11.0. The summed E-state index contributed by atoms with van der Waals surface area (Å²) in [7, 11) is 1.69. The van der Waals surface area contributed by atoms with E-state index in [2.05, 4.69) is 32.7 Å². The summed E-state index contributed by atoms with van der Waals surface area (Å²) in [5.74, 6) is 1.55. The van der Waals surface area contributed by atoms with E-state index in [-0.39, 0.29) is 0 Å². The van der Waals surface area contributed by atoms with E-state index in [1.165, 1.54) is 25.7 Å². The number of ether oxygens (including phenoxy) is 1. The summed E-state index contributed by atoms with van der Waals surface area (Å²) in [6, 6.07) is 10.6. The first-order valence-corrected chi connectivity index (χ1v) is 11.8. The number of nitrogens with one attached hydrogen (secondary N) is 2. The molecule has 7 nitrogen and oxygen atoms in total. The zero-order valence-corrected chi connectivity index (χ0v) is 18.6. The molecule has 0 radical (unpaired) electrons. The molecule has 31 heavy (non-hydrogen) atoms. The highest BCUT2D eigenvalue weighted by atomic mass is 32.1. The van der Waals surface area contributed by atoms with E-state index in [4.69, 9.17) is 14.7 Å². The predicted octanol–water partition coefficient (Wildman–Crippen LogP) is 4.04. The van der Waals surface area contributed by atoms with Gasteiger partial charge in [0.25, 0.3) is 0 Å². The lowest BCUT2D eigenvalue weighted by Crippen LogP contribution is -2.43. The highest BCUT2D eigenvalue weighted by molar-refractivity contribution is 7.19. The van der Waals surface area contributed by atoms with Crippen molar-refractivity contribution >= 4 is 22.4 Å². The molecule has 3 aromatic rings. The molecule has 162 valence electrons. The maximum Gasteiger partial charge on any atom is 0.223 e. The number of hydrogen-bond donors (Lipinski definition) is 2. The van der Waals surface area contributed by atoms with E-state index in [1.807, 2.05) is 24.4 Å². The molecule has 2 fully saturated rings. The van der Waals surface area contributed by atoms with Crippen LogP contribution in [0.4, 0.5) is 11.1 Å². The quantitative estimate of drug-likeness (QED) is 0.604. The number of rotatable bonds is 6. The summed E-state index contributed by atoms with van der Waals surface area (Å²) >= 11 is 1.71. The lowest BCUT2D eigenvalue weighted by atomic mass is 10.1. The van der Waals surface area contributed by atoms with Crippen LogP contribution in [0.1, 0.15) is 25.7 Å². The minimum Gasteiger partial charge on any atom is -0.497 e. The molecule has 0 spiro atoms. The monoisotopic (exact) mass is 436 g/mol. The van der Waals surface area contributed by atoms with Gasteiger partial charge in [0.05, 0.1) is 23.4 Å². The van der Waals surface area contributed by atoms with Gasteiger partial charge >= 0.3 is 0 Å². The summed E-state index contributed by atoms with van der Waals surface area (Å²) < 4.78 is 5.34. The number of benzene rings is 1. The minimum atomic E-state index is 0.481. The molecule has 2 aromatic heterocycles. The van der Waals surface area contributed by atoms with Crippen molar-refractivity contribution < 1.29 is 4.74 Å². The summed E-state index contributed by atoms with van der Waals surface area (Å²) in [6.07, 6.45) is 6.79. The van der Waals surface area contributed by atoms with Gasteiger partial charge in [-0.1, -0.05) is 24.2 Å². The lowest BCUT2D eigenvalue weighted by molar-refractivity contribution is 0.415. The van der Waals surface area contributed by atoms with Crippen molar-refractivity contribution in [2.75, 3.05) is 43.5 Å². The fourth-order valence-corrected chi connectivity index (χ4v) is 5.34. The molecule has 1 aliphatic carbocycles. The maximum absolute atomic E-state index is 5.34. The van der Waals surface area contributed by atoms with Crippen LogP contribution in [0.15, 0.2) is 36.5 Å².